The molecular formula is C13H23Cl. The highest BCUT2D eigenvalue weighted by Crippen LogP contribution is 2.34. The largest absolute Gasteiger partial charge is 0.0933 e. The molecule has 1 aliphatic rings. The number of rotatable bonds is 5. The summed E-state index contributed by atoms with van der Waals surface area (Å²) in [6.07, 6.45) is 13.3. The predicted molar refractivity (Wildman–Crippen MR) is 64.6 cm³/mol. The van der Waals surface area contributed by atoms with Crippen LogP contribution in [0.1, 0.15) is 58.3 Å². The molecule has 1 unspecified atom stereocenters. The molecule has 1 heteroatoms. The molecule has 0 aromatic heterocycles. The minimum Gasteiger partial charge on any atom is -0.0933 e. The van der Waals surface area contributed by atoms with E-state index in [9.17, 15) is 0 Å². The summed E-state index contributed by atoms with van der Waals surface area (Å²) in [5.74, 6) is 1.88. The number of hydrogen-bond donors (Lipinski definition) is 0. The quantitative estimate of drug-likeness (QED) is 0.596. The van der Waals surface area contributed by atoms with E-state index in [0.717, 1.165) is 11.8 Å². The molecule has 0 amide bonds. The zero-order valence-corrected chi connectivity index (χ0v) is 10.1. The average Bonchev–Trinajstić information content (AvgIpc) is 2.25. The minimum atomic E-state index is 0.898. The average molecular weight is 215 g/mol. The van der Waals surface area contributed by atoms with Gasteiger partial charge in [0.05, 0.1) is 0 Å². The van der Waals surface area contributed by atoms with Gasteiger partial charge >= 0.3 is 0 Å². The summed E-state index contributed by atoms with van der Waals surface area (Å²) in [5, 5.41) is 0. The molecule has 0 saturated heterocycles. The first-order valence-corrected chi connectivity index (χ1v) is 6.57. The van der Waals surface area contributed by atoms with Crippen molar-refractivity contribution in [2.45, 2.75) is 58.3 Å². The van der Waals surface area contributed by atoms with Gasteiger partial charge in [0.2, 0.25) is 0 Å². The van der Waals surface area contributed by atoms with E-state index in [-0.39, 0.29) is 0 Å². The van der Waals surface area contributed by atoms with Crippen molar-refractivity contribution in [3.8, 4) is 0 Å². The second kappa shape index (κ2) is 7.34. The molecule has 0 aromatic rings. The maximum absolute atomic E-state index is 5.60. The standard InChI is InChI=1S/C13H23Cl/c1-2-7-12(10-6-11-14)13-8-4-3-5-9-13/h6,11-13H,2-5,7-10H2,1H3/b11-6+. The van der Waals surface area contributed by atoms with Gasteiger partial charge in [-0.05, 0) is 18.3 Å². The monoisotopic (exact) mass is 214 g/mol. The molecule has 1 fully saturated rings. The van der Waals surface area contributed by atoms with Crippen LogP contribution in [0.25, 0.3) is 0 Å². The first-order chi connectivity index (χ1) is 6.88. The predicted octanol–water partition coefficient (Wildman–Crippen LogP) is 5.13. The van der Waals surface area contributed by atoms with Gasteiger partial charge in [0.1, 0.15) is 0 Å². The second-order valence-electron chi connectivity index (χ2n) is 4.54. The number of halogens is 1. The Balaban J connectivity index is 2.38. The van der Waals surface area contributed by atoms with Crippen molar-refractivity contribution in [1.82, 2.24) is 0 Å². The summed E-state index contributed by atoms with van der Waals surface area (Å²) >= 11 is 5.60. The molecule has 0 heterocycles. The van der Waals surface area contributed by atoms with E-state index in [1.807, 2.05) is 0 Å². The van der Waals surface area contributed by atoms with Gasteiger partial charge in [0.25, 0.3) is 0 Å². The van der Waals surface area contributed by atoms with Crippen LogP contribution in [0, 0.1) is 11.8 Å². The highest BCUT2D eigenvalue weighted by molar-refractivity contribution is 6.25. The van der Waals surface area contributed by atoms with Crippen LogP contribution >= 0.6 is 11.6 Å². The Morgan fingerprint density at radius 2 is 2.00 bits per heavy atom. The van der Waals surface area contributed by atoms with Crippen molar-refractivity contribution in [3.63, 3.8) is 0 Å². The van der Waals surface area contributed by atoms with E-state index in [2.05, 4.69) is 13.0 Å². The van der Waals surface area contributed by atoms with E-state index >= 15 is 0 Å². The molecule has 0 radical (unpaired) electrons. The fraction of sp³-hybridized carbons (Fsp3) is 0.846. The van der Waals surface area contributed by atoms with Crippen molar-refractivity contribution < 1.29 is 0 Å². The molecule has 1 atom stereocenters. The summed E-state index contributed by atoms with van der Waals surface area (Å²) in [4.78, 5) is 0. The maximum Gasteiger partial charge on any atom is 0.000256 e. The number of hydrogen-bond acceptors (Lipinski definition) is 0. The van der Waals surface area contributed by atoms with E-state index < -0.39 is 0 Å². The van der Waals surface area contributed by atoms with Gasteiger partial charge in [-0.25, -0.2) is 0 Å². The Morgan fingerprint density at radius 1 is 1.29 bits per heavy atom. The van der Waals surface area contributed by atoms with Gasteiger partial charge in [-0.15, -0.1) is 0 Å². The van der Waals surface area contributed by atoms with E-state index in [1.165, 1.54) is 51.4 Å². The molecular weight excluding hydrogens is 192 g/mol. The zero-order valence-electron chi connectivity index (χ0n) is 9.34. The maximum atomic E-state index is 5.60. The van der Waals surface area contributed by atoms with Crippen molar-refractivity contribution in [1.29, 1.82) is 0 Å². The molecule has 82 valence electrons. The third kappa shape index (κ3) is 4.04. The van der Waals surface area contributed by atoms with Crippen molar-refractivity contribution >= 4 is 11.6 Å². The molecule has 0 spiro atoms. The van der Waals surface area contributed by atoms with E-state index in [4.69, 9.17) is 11.6 Å². The van der Waals surface area contributed by atoms with Gasteiger partial charge < -0.3 is 0 Å². The lowest BCUT2D eigenvalue weighted by molar-refractivity contribution is 0.236. The van der Waals surface area contributed by atoms with Gasteiger partial charge in [0.15, 0.2) is 0 Å². The SMILES string of the molecule is CCCC(C/C=C/Cl)C1CCCCC1. The Labute approximate surface area is 93.7 Å². The lowest BCUT2D eigenvalue weighted by Crippen LogP contribution is -2.17. The van der Waals surface area contributed by atoms with Crippen molar-refractivity contribution in [2.75, 3.05) is 0 Å². The summed E-state index contributed by atoms with van der Waals surface area (Å²) in [5.41, 5.74) is 1.69. The second-order valence-corrected chi connectivity index (χ2v) is 4.80. The molecule has 0 aliphatic heterocycles. The molecule has 0 aromatic carbocycles. The normalized spacial score (nSPS) is 21.6. The van der Waals surface area contributed by atoms with Crippen LogP contribution in [-0.2, 0) is 0 Å². The zero-order chi connectivity index (χ0) is 10.2. The van der Waals surface area contributed by atoms with E-state index in [1.54, 1.807) is 5.54 Å². The molecule has 0 N–H and O–H groups in total. The van der Waals surface area contributed by atoms with Gasteiger partial charge in [-0.1, -0.05) is 69.5 Å². The summed E-state index contributed by atoms with van der Waals surface area (Å²) in [6.45, 7) is 2.29. The molecule has 1 rings (SSSR count). The van der Waals surface area contributed by atoms with Crippen LogP contribution in [0.5, 0.6) is 0 Å². The van der Waals surface area contributed by atoms with Gasteiger partial charge in [-0.3, -0.25) is 0 Å². The third-order valence-corrected chi connectivity index (χ3v) is 3.68. The fourth-order valence-corrected chi connectivity index (χ4v) is 2.85. The smallest absolute Gasteiger partial charge is 0.000256 e. The topological polar surface area (TPSA) is 0 Å². The van der Waals surface area contributed by atoms with Crippen LogP contribution in [0.15, 0.2) is 11.6 Å². The van der Waals surface area contributed by atoms with E-state index in [0.29, 0.717) is 0 Å². The Bertz CT molecular complexity index is 157. The Kier molecular flexibility index (Phi) is 6.34. The first-order valence-electron chi connectivity index (χ1n) is 6.13. The molecule has 14 heavy (non-hydrogen) atoms. The van der Waals surface area contributed by atoms with Crippen LogP contribution < -0.4 is 0 Å². The van der Waals surface area contributed by atoms with Crippen LogP contribution in [-0.4, -0.2) is 0 Å². The highest BCUT2D eigenvalue weighted by atomic mass is 35.5. The van der Waals surface area contributed by atoms with Gasteiger partial charge in [-0.2, -0.15) is 0 Å². The summed E-state index contributed by atoms with van der Waals surface area (Å²) in [7, 11) is 0. The lowest BCUT2D eigenvalue weighted by atomic mass is 9.77. The third-order valence-electron chi connectivity index (χ3n) is 3.50. The molecule has 0 nitrogen and oxygen atoms in total. The summed E-state index contributed by atoms with van der Waals surface area (Å²) < 4.78 is 0. The summed E-state index contributed by atoms with van der Waals surface area (Å²) in [6, 6.07) is 0. The fourth-order valence-electron chi connectivity index (χ4n) is 2.75. The Morgan fingerprint density at radius 3 is 2.57 bits per heavy atom. The van der Waals surface area contributed by atoms with Crippen LogP contribution in [0.4, 0.5) is 0 Å². The number of allylic oxidation sites excluding steroid dienone is 1. The molecule has 1 aliphatic carbocycles. The minimum absolute atomic E-state index is 0.898. The molecule has 0 bridgehead atoms. The van der Waals surface area contributed by atoms with Crippen molar-refractivity contribution in [2.24, 2.45) is 11.8 Å². The first kappa shape index (κ1) is 12.1. The molecule has 1 saturated carbocycles. The van der Waals surface area contributed by atoms with Crippen LogP contribution in [0.3, 0.4) is 0 Å². The van der Waals surface area contributed by atoms with Crippen molar-refractivity contribution in [3.05, 3.63) is 11.6 Å². The highest BCUT2D eigenvalue weighted by Gasteiger charge is 2.21. The van der Waals surface area contributed by atoms with Crippen LogP contribution in [0.2, 0.25) is 0 Å². The van der Waals surface area contributed by atoms with Gasteiger partial charge in [0, 0.05) is 5.54 Å². The lowest BCUT2D eigenvalue weighted by Gasteiger charge is -2.29. The Hall–Kier alpha value is 0.0300.